The molecule has 26 heavy (non-hydrogen) atoms. The first-order chi connectivity index (χ1) is 12.3. The second-order valence-electron chi connectivity index (χ2n) is 8.42. The van der Waals surface area contributed by atoms with E-state index in [0.717, 1.165) is 29.3 Å². The first-order valence-electron chi connectivity index (χ1n) is 9.15. The van der Waals surface area contributed by atoms with E-state index in [9.17, 15) is 8.42 Å². The summed E-state index contributed by atoms with van der Waals surface area (Å²) in [5.41, 5.74) is 0.933. The van der Waals surface area contributed by atoms with E-state index < -0.39 is 10.0 Å². The predicted octanol–water partition coefficient (Wildman–Crippen LogP) is 3.05. The van der Waals surface area contributed by atoms with Crippen molar-refractivity contribution in [3.05, 3.63) is 34.9 Å². The number of H-pyrrole nitrogens is 1. The van der Waals surface area contributed by atoms with Crippen LogP contribution in [0, 0.1) is 22.5 Å². The van der Waals surface area contributed by atoms with E-state index in [2.05, 4.69) is 10.2 Å². The van der Waals surface area contributed by atoms with Crippen molar-refractivity contribution >= 4 is 22.2 Å². The van der Waals surface area contributed by atoms with E-state index in [-0.39, 0.29) is 10.3 Å². The van der Waals surface area contributed by atoms with Gasteiger partial charge in [-0.2, -0.15) is 5.10 Å². The maximum atomic E-state index is 11.5. The van der Waals surface area contributed by atoms with Crippen LogP contribution in [0.25, 0.3) is 5.69 Å². The Labute approximate surface area is 157 Å². The van der Waals surface area contributed by atoms with Crippen molar-refractivity contribution in [2.45, 2.75) is 48.8 Å². The molecule has 1 aromatic heterocycles. The molecular formula is C18H22N4O2S2. The molecular weight excluding hydrogens is 368 g/mol. The first kappa shape index (κ1) is 16.6. The summed E-state index contributed by atoms with van der Waals surface area (Å²) in [6.45, 7) is 0. The minimum atomic E-state index is -3.70. The molecule has 0 amide bonds. The van der Waals surface area contributed by atoms with Crippen LogP contribution in [0.2, 0.25) is 0 Å². The summed E-state index contributed by atoms with van der Waals surface area (Å²) in [5.74, 6) is 3.45. The number of rotatable bonds is 3. The fourth-order valence-electron chi connectivity index (χ4n) is 6.06. The molecule has 6 nitrogen and oxygen atoms in total. The monoisotopic (exact) mass is 390 g/mol. The summed E-state index contributed by atoms with van der Waals surface area (Å²) in [5, 5.41) is 12.8. The van der Waals surface area contributed by atoms with Gasteiger partial charge in [-0.3, -0.25) is 9.67 Å². The molecule has 1 aromatic carbocycles. The smallest absolute Gasteiger partial charge is 0.238 e. The predicted molar refractivity (Wildman–Crippen MR) is 100.0 cm³/mol. The summed E-state index contributed by atoms with van der Waals surface area (Å²) < 4.78 is 25.6. The van der Waals surface area contributed by atoms with Gasteiger partial charge in [0.15, 0.2) is 4.77 Å². The lowest BCUT2D eigenvalue weighted by atomic mass is 9.49. The highest BCUT2D eigenvalue weighted by Crippen LogP contribution is 2.60. The molecule has 8 heteroatoms. The summed E-state index contributed by atoms with van der Waals surface area (Å²) in [4.78, 5) is 0.104. The van der Waals surface area contributed by atoms with Gasteiger partial charge in [-0.25, -0.2) is 13.6 Å². The van der Waals surface area contributed by atoms with E-state index >= 15 is 0 Å². The summed E-state index contributed by atoms with van der Waals surface area (Å²) in [6, 6.07) is 6.58. The number of hydrogen-bond donors (Lipinski definition) is 2. The van der Waals surface area contributed by atoms with Crippen LogP contribution in [0.3, 0.4) is 0 Å². The van der Waals surface area contributed by atoms with Crippen LogP contribution in [0.4, 0.5) is 0 Å². The van der Waals surface area contributed by atoms with Crippen molar-refractivity contribution in [3.63, 3.8) is 0 Å². The van der Waals surface area contributed by atoms with Gasteiger partial charge < -0.3 is 0 Å². The van der Waals surface area contributed by atoms with E-state index in [0.29, 0.717) is 4.77 Å². The average molecular weight is 391 g/mol. The molecule has 3 N–H and O–H groups in total. The van der Waals surface area contributed by atoms with Crippen LogP contribution < -0.4 is 5.14 Å². The van der Waals surface area contributed by atoms with Crippen LogP contribution in [0.15, 0.2) is 29.2 Å². The average Bonchev–Trinajstić information content (AvgIpc) is 2.95. The van der Waals surface area contributed by atoms with Crippen molar-refractivity contribution in [1.82, 2.24) is 14.8 Å². The van der Waals surface area contributed by atoms with Crippen LogP contribution in [-0.2, 0) is 15.4 Å². The van der Waals surface area contributed by atoms with Crippen molar-refractivity contribution in [3.8, 4) is 5.69 Å². The Balaban J connectivity index is 1.60. The van der Waals surface area contributed by atoms with Crippen LogP contribution in [0.1, 0.15) is 44.3 Å². The number of aromatic nitrogens is 3. The summed E-state index contributed by atoms with van der Waals surface area (Å²) in [7, 11) is -3.70. The largest absolute Gasteiger partial charge is 0.272 e. The lowest BCUT2D eigenvalue weighted by molar-refractivity contribution is -0.0102. The zero-order valence-corrected chi connectivity index (χ0v) is 16.0. The van der Waals surface area contributed by atoms with Gasteiger partial charge in [-0.05, 0) is 92.8 Å². The third-order valence-corrected chi connectivity index (χ3v) is 7.81. The van der Waals surface area contributed by atoms with Gasteiger partial charge >= 0.3 is 0 Å². The maximum Gasteiger partial charge on any atom is 0.238 e. The summed E-state index contributed by atoms with van der Waals surface area (Å²) in [6.07, 6.45) is 7.67. The molecule has 0 atom stereocenters. The molecule has 0 spiro atoms. The SMILES string of the molecule is NS(=O)(=O)c1ccc(-n2c(C34CC5CC(CC(C5)C3)C4)n[nH]c2=S)cc1. The number of aromatic amines is 1. The van der Waals surface area contributed by atoms with Gasteiger partial charge in [0.25, 0.3) is 0 Å². The van der Waals surface area contributed by atoms with E-state index in [1.54, 1.807) is 12.1 Å². The molecule has 0 radical (unpaired) electrons. The Morgan fingerprint density at radius 1 is 1.08 bits per heavy atom. The Kier molecular flexibility index (Phi) is 3.52. The lowest BCUT2D eigenvalue weighted by Gasteiger charge is -2.56. The third-order valence-electron chi connectivity index (χ3n) is 6.61. The minimum absolute atomic E-state index is 0.0981. The second-order valence-corrected chi connectivity index (χ2v) is 10.4. The molecule has 138 valence electrons. The number of benzene rings is 1. The Bertz CT molecular complexity index is 985. The van der Waals surface area contributed by atoms with Gasteiger partial charge in [-0.15, -0.1) is 0 Å². The zero-order valence-electron chi connectivity index (χ0n) is 14.4. The molecule has 0 aliphatic heterocycles. The van der Waals surface area contributed by atoms with Gasteiger partial charge in [0.1, 0.15) is 5.82 Å². The maximum absolute atomic E-state index is 11.5. The zero-order chi connectivity index (χ0) is 18.1. The van der Waals surface area contributed by atoms with Gasteiger partial charge in [0, 0.05) is 11.1 Å². The summed E-state index contributed by atoms with van der Waals surface area (Å²) >= 11 is 5.52. The second kappa shape index (κ2) is 5.50. The third kappa shape index (κ3) is 2.50. The number of nitrogens with two attached hydrogens (primary N) is 1. The fraction of sp³-hybridized carbons (Fsp3) is 0.556. The number of nitrogens with zero attached hydrogens (tertiary/aromatic N) is 2. The van der Waals surface area contributed by atoms with Gasteiger partial charge in [0.05, 0.1) is 4.90 Å². The molecule has 4 fully saturated rings. The highest BCUT2D eigenvalue weighted by atomic mass is 32.2. The molecule has 4 saturated carbocycles. The number of hydrogen-bond acceptors (Lipinski definition) is 4. The first-order valence-corrected chi connectivity index (χ1v) is 11.1. The molecule has 0 saturated heterocycles. The van der Waals surface area contributed by atoms with E-state index in [4.69, 9.17) is 17.4 Å². The van der Waals surface area contributed by atoms with Crippen molar-refractivity contribution in [1.29, 1.82) is 0 Å². The molecule has 0 unspecified atom stereocenters. The lowest BCUT2D eigenvalue weighted by Crippen LogP contribution is -2.49. The Hall–Kier alpha value is -1.51. The van der Waals surface area contributed by atoms with Crippen molar-refractivity contribution < 1.29 is 8.42 Å². The highest BCUT2D eigenvalue weighted by Gasteiger charge is 2.53. The quantitative estimate of drug-likeness (QED) is 0.788. The van der Waals surface area contributed by atoms with Crippen LogP contribution in [-0.4, -0.2) is 23.2 Å². The topological polar surface area (TPSA) is 93.8 Å². The molecule has 4 bridgehead atoms. The fourth-order valence-corrected chi connectivity index (χ4v) is 6.81. The van der Waals surface area contributed by atoms with E-state index in [1.165, 1.54) is 50.7 Å². The van der Waals surface area contributed by atoms with Crippen LogP contribution in [0.5, 0.6) is 0 Å². The molecule has 4 aliphatic rings. The number of primary sulfonamides is 1. The van der Waals surface area contributed by atoms with E-state index in [1.807, 2.05) is 4.57 Å². The van der Waals surface area contributed by atoms with Gasteiger partial charge in [-0.1, -0.05) is 0 Å². The molecule has 6 rings (SSSR count). The van der Waals surface area contributed by atoms with Gasteiger partial charge in [0.2, 0.25) is 10.0 Å². The standard InChI is InChI=1S/C18H22N4O2S2/c19-26(23,24)15-3-1-14(2-4-15)22-16(20-21-17(22)25)18-8-11-5-12(9-18)7-13(6-11)10-18/h1-4,11-13H,5-10H2,(H,21,25)(H2,19,23,24). The molecule has 1 heterocycles. The number of nitrogens with one attached hydrogen (secondary N) is 1. The normalized spacial score (nSPS) is 32.9. The molecule has 4 aliphatic carbocycles. The number of sulfonamides is 1. The highest BCUT2D eigenvalue weighted by molar-refractivity contribution is 7.89. The Morgan fingerprint density at radius 2 is 1.62 bits per heavy atom. The van der Waals surface area contributed by atoms with Crippen LogP contribution >= 0.6 is 12.2 Å². The minimum Gasteiger partial charge on any atom is -0.272 e. The molecule has 2 aromatic rings. The van der Waals surface area contributed by atoms with Crippen molar-refractivity contribution in [2.24, 2.45) is 22.9 Å². The Morgan fingerprint density at radius 3 is 2.12 bits per heavy atom. The van der Waals surface area contributed by atoms with Crippen molar-refractivity contribution in [2.75, 3.05) is 0 Å².